The summed E-state index contributed by atoms with van der Waals surface area (Å²) in [4.78, 5) is 4.51. The minimum Gasteiger partial charge on any atom is -0.304 e. The Bertz CT molecular complexity index is 466. The van der Waals surface area contributed by atoms with Gasteiger partial charge in [-0.2, -0.15) is 0 Å². The van der Waals surface area contributed by atoms with Crippen LogP contribution in [0.15, 0.2) is 24.5 Å². The lowest BCUT2D eigenvalue weighted by Gasteiger charge is -2.02. The van der Waals surface area contributed by atoms with Gasteiger partial charge in [0.1, 0.15) is 5.65 Å². The predicted octanol–water partition coefficient (Wildman–Crippen LogP) is 2.77. The van der Waals surface area contributed by atoms with Gasteiger partial charge in [0.2, 0.25) is 0 Å². The third-order valence-corrected chi connectivity index (χ3v) is 3.02. The molecule has 3 rings (SSSR count). The molecule has 0 aromatic carbocycles. The lowest BCUT2D eigenvalue weighted by Crippen LogP contribution is -1.93. The highest BCUT2D eigenvalue weighted by molar-refractivity contribution is 5.52. The summed E-state index contributed by atoms with van der Waals surface area (Å²) in [5.74, 6) is 0.783. The fourth-order valence-electron chi connectivity index (χ4n) is 2.06. The van der Waals surface area contributed by atoms with Crippen molar-refractivity contribution < 1.29 is 0 Å². The molecule has 0 radical (unpaired) electrons. The molecule has 0 atom stereocenters. The van der Waals surface area contributed by atoms with Crippen LogP contribution < -0.4 is 0 Å². The lowest BCUT2D eigenvalue weighted by atomic mass is 10.2. The highest BCUT2D eigenvalue weighted by Gasteiger charge is 2.26. The van der Waals surface area contributed by atoms with Crippen molar-refractivity contribution in [2.24, 2.45) is 0 Å². The van der Waals surface area contributed by atoms with Crippen LogP contribution in [0.25, 0.3) is 5.65 Å². The number of nitrogens with zero attached hydrogens (tertiary/aromatic N) is 2. The van der Waals surface area contributed by atoms with Gasteiger partial charge in [0, 0.05) is 18.1 Å². The minimum atomic E-state index is 0.783. The van der Waals surface area contributed by atoms with Crippen LogP contribution >= 0.6 is 0 Å². The van der Waals surface area contributed by atoms with Crippen LogP contribution in [0.1, 0.15) is 36.9 Å². The number of hydrogen-bond donors (Lipinski definition) is 0. The summed E-state index contributed by atoms with van der Waals surface area (Å²) in [6.07, 6.45) is 7.85. The number of pyridine rings is 1. The molecule has 1 saturated carbocycles. The van der Waals surface area contributed by atoms with Gasteiger partial charge in [0.25, 0.3) is 0 Å². The molecule has 0 saturated heterocycles. The number of hydrogen-bond acceptors (Lipinski definition) is 1. The summed E-state index contributed by atoms with van der Waals surface area (Å²) in [5.41, 5.74) is 3.92. The summed E-state index contributed by atoms with van der Waals surface area (Å²) < 4.78 is 2.23. The maximum atomic E-state index is 4.51. The Labute approximate surface area is 83.6 Å². The molecular formula is C12H14N2. The normalized spacial score (nSPS) is 16.4. The Morgan fingerprint density at radius 3 is 3.07 bits per heavy atom. The molecule has 0 amide bonds. The molecule has 14 heavy (non-hydrogen) atoms. The molecule has 2 nitrogen and oxygen atoms in total. The molecule has 0 N–H and O–H groups in total. The molecule has 0 bridgehead atoms. The largest absolute Gasteiger partial charge is 0.304 e. The topological polar surface area (TPSA) is 17.3 Å². The highest BCUT2D eigenvalue weighted by Crippen LogP contribution is 2.41. The Kier molecular flexibility index (Phi) is 1.63. The van der Waals surface area contributed by atoms with Crippen LogP contribution in [-0.4, -0.2) is 9.38 Å². The second-order valence-electron chi connectivity index (χ2n) is 4.03. The summed E-state index contributed by atoms with van der Waals surface area (Å²) in [5, 5.41) is 0. The maximum absolute atomic E-state index is 4.51. The van der Waals surface area contributed by atoms with Crippen LogP contribution in [0.2, 0.25) is 0 Å². The van der Waals surface area contributed by atoms with E-state index in [2.05, 4.69) is 34.6 Å². The van der Waals surface area contributed by atoms with E-state index >= 15 is 0 Å². The molecular weight excluding hydrogens is 172 g/mol. The standard InChI is InChI=1S/C12H14N2/c1-2-10-8-13-12-11(9-5-6-9)4-3-7-14(10)12/h3-4,7-9H,2,5-6H2,1H3. The minimum absolute atomic E-state index is 0.783. The molecule has 0 unspecified atom stereocenters. The Hall–Kier alpha value is -1.31. The number of aromatic nitrogens is 2. The third kappa shape index (κ3) is 1.07. The van der Waals surface area contributed by atoms with E-state index in [4.69, 9.17) is 0 Å². The monoisotopic (exact) mass is 186 g/mol. The molecule has 1 aliphatic rings. The Morgan fingerprint density at radius 2 is 2.36 bits per heavy atom. The van der Waals surface area contributed by atoms with Gasteiger partial charge in [-0.25, -0.2) is 4.98 Å². The van der Waals surface area contributed by atoms with Crippen molar-refractivity contribution in [2.45, 2.75) is 32.1 Å². The van der Waals surface area contributed by atoms with Crippen molar-refractivity contribution in [2.75, 3.05) is 0 Å². The summed E-state index contributed by atoms with van der Waals surface area (Å²) in [6.45, 7) is 2.17. The SMILES string of the molecule is CCc1cnc2c(C3CC3)cccn12. The number of imidazole rings is 1. The van der Waals surface area contributed by atoms with Crippen molar-refractivity contribution in [1.29, 1.82) is 0 Å². The predicted molar refractivity (Wildman–Crippen MR) is 56.5 cm³/mol. The van der Waals surface area contributed by atoms with E-state index in [9.17, 15) is 0 Å². The van der Waals surface area contributed by atoms with E-state index in [0.717, 1.165) is 12.3 Å². The lowest BCUT2D eigenvalue weighted by molar-refractivity contribution is 0.981. The first-order valence-electron chi connectivity index (χ1n) is 5.35. The zero-order valence-electron chi connectivity index (χ0n) is 8.40. The van der Waals surface area contributed by atoms with E-state index in [-0.39, 0.29) is 0 Å². The molecule has 0 aliphatic heterocycles. The van der Waals surface area contributed by atoms with Gasteiger partial charge in [-0.3, -0.25) is 0 Å². The van der Waals surface area contributed by atoms with Crippen LogP contribution in [0.3, 0.4) is 0 Å². The fourth-order valence-corrected chi connectivity index (χ4v) is 2.06. The molecule has 2 heterocycles. The van der Waals surface area contributed by atoms with Gasteiger partial charge in [0.05, 0.1) is 0 Å². The van der Waals surface area contributed by atoms with Crippen LogP contribution in [0, 0.1) is 0 Å². The number of fused-ring (bicyclic) bond motifs is 1. The second kappa shape index (κ2) is 2.84. The smallest absolute Gasteiger partial charge is 0.140 e. The molecule has 0 spiro atoms. The van der Waals surface area contributed by atoms with Crippen LogP contribution in [-0.2, 0) is 6.42 Å². The Morgan fingerprint density at radius 1 is 1.50 bits per heavy atom. The van der Waals surface area contributed by atoms with Crippen molar-refractivity contribution >= 4 is 5.65 Å². The first kappa shape index (κ1) is 8.04. The quantitative estimate of drug-likeness (QED) is 0.705. The zero-order chi connectivity index (χ0) is 9.54. The van der Waals surface area contributed by atoms with E-state index < -0.39 is 0 Å². The zero-order valence-corrected chi connectivity index (χ0v) is 8.40. The van der Waals surface area contributed by atoms with Gasteiger partial charge in [-0.05, 0) is 36.8 Å². The van der Waals surface area contributed by atoms with E-state index in [0.29, 0.717) is 0 Å². The number of rotatable bonds is 2. The summed E-state index contributed by atoms with van der Waals surface area (Å²) in [7, 11) is 0. The molecule has 2 aromatic heterocycles. The fraction of sp³-hybridized carbons (Fsp3) is 0.417. The average molecular weight is 186 g/mol. The van der Waals surface area contributed by atoms with Crippen LogP contribution in [0.4, 0.5) is 0 Å². The van der Waals surface area contributed by atoms with Crippen molar-refractivity contribution in [3.05, 3.63) is 35.8 Å². The van der Waals surface area contributed by atoms with Gasteiger partial charge in [0.15, 0.2) is 0 Å². The first-order valence-corrected chi connectivity index (χ1v) is 5.35. The van der Waals surface area contributed by atoms with Crippen molar-refractivity contribution in [3.63, 3.8) is 0 Å². The molecule has 72 valence electrons. The maximum Gasteiger partial charge on any atom is 0.140 e. The van der Waals surface area contributed by atoms with Gasteiger partial charge < -0.3 is 4.40 Å². The number of aryl methyl sites for hydroxylation is 1. The van der Waals surface area contributed by atoms with Gasteiger partial charge in [-0.1, -0.05) is 13.0 Å². The van der Waals surface area contributed by atoms with Gasteiger partial charge in [-0.15, -0.1) is 0 Å². The van der Waals surface area contributed by atoms with Crippen molar-refractivity contribution in [3.8, 4) is 0 Å². The molecule has 2 heteroatoms. The third-order valence-electron chi connectivity index (χ3n) is 3.02. The van der Waals surface area contributed by atoms with Crippen LogP contribution in [0.5, 0.6) is 0 Å². The van der Waals surface area contributed by atoms with Gasteiger partial charge >= 0.3 is 0 Å². The van der Waals surface area contributed by atoms with Crippen molar-refractivity contribution in [1.82, 2.24) is 9.38 Å². The molecule has 2 aromatic rings. The average Bonchev–Trinajstić information content (AvgIpc) is 2.97. The highest BCUT2D eigenvalue weighted by atomic mass is 15.0. The van der Waals surface area contributed by atoms with E-state index in [1.165, 1.54) is 29.7 Å². The second-order valence-corrected chi connectivity index (χ2v) is 4.03. The summed E-state index contributed by atoms with van der Waals surface area (Å²) in [6, 6.07) is 4.36. The molecule has 1 fully saturated rings. The molecule has 1 aliphatic carbocycles. The van der Waals surface area contributed by atoms with E-state index in [1.54, 1.807) is 0 Å². The van der Waals surface area contributed by atoms with E-state index in [1.807, 2.05) is 6.20 Å². The summed E-state index contributed by atoms with van der Waals surface area (Å²) >= 11 is 0. The first-order chi connectivity index (χ1) is 6.90. The Balaban J connectivity index is 2.26.